The lowest BCUT2D eigenvalue weighted by Crippen LogP contribution is -2.45. The molecule has 8 nitrogen and oxygen atoms in total. The Morgan fingerprint density at radius 3 is 2.56 bits per heavy atom. The summed E-state index contributed by atoms with van der Waals surface area (Å²) in [6.07, 6.45) is 0. The Kier molecular flexibility index (Phi) is 5.12. The van der Waals surface area contributed by atoms with Gasteiger partial charge in [0.25, 0.3) is 11.5 Å². The minimum atomic E-state index is -0.621. The predicted molar refractivity (Wildman–Crippen MR) is 97.0 cm³/mol. The van der Waals surface area contributed by atoms with Crippen LogP contribution in [0.3, 0.4) is 0 Å². The minimum Gasteiger partial charge on any atom is -0.350 e. The average Bonchev–Trinajstić information content (AvgIpc) is 2.50. The van der Waals surface area contributed by atoms with Crippen LogP contribution in [0.2, 0.25) is 0 Å². The number of aromatic nitrogens is 3. The highest BCUT2D eigenvalue weighted by Gasteiger charge is 2.21. The normalized spacial score (nSPS) is 12.0. The van der Waals surface area contributed by atoms with Crippen molar-refractivity contribution < 1.29 is 4.79 Å². The highest BCUT2D eigenvalue weighted by molar-refractivity contribution is 6.05. The van der Waals surface area contributed by atoms with Gasteiger partial charge in [-0.3, -0.25) is 19.1 Å². The molecule has 0 saturated heterocycles. The highest BCUT2D eigenvalue weighted by atomic mass is 16.2. The van der Waals surface area contributed by atoms with Gasteiger partial charge in [-0.15, -0.1) is 0 Å². The Morgan fingerprint density at radius 2 is 2.04 bits per heavy atom. The number of aryl methyl sites for hydroxylation is 1. The number of nitrogens with one attached hydrogen (secondary N) is 2. The second kappa shape index (κ2) is 6.79. The van der Waals surface area contributed by atoms with Crippen molar-refractivity contribution in [3.8, 4) is 0 Å². The van der Waals surface area contributed by atoms with Gasteiger partial charge >= 0.3 is 5.69 Å². The Morgan fingerprint density at radius 1 is 1.40 bits per heavy atom. The van der Waals surface area contributed by atoms with Crippen molar-refractivity contribution in [2.75, 3.05) is 6.54 Å². The summed E-state index contributed by atoms with van der Waals surface area (Å²) in [4.78, 5) is 43.8. The van der Waals surface area contributed by atoms with Crippen molar-refractivity contribution in [2.24, 2.45) is 5.73 Å². The van der Waals surface area contributed by atoms with Crippen molar-refractivity contribution in [1.82, 2.24) is 19.9 Å². The van der Waals surface area contributed by atoms with Crippen LogP contribution in [0.1, 0.15) is 56.6 Å². The van der Waals surface area contributed by atoms with Gasteiger partial charge in [-0.2, -0.15) is 0 Å². The Bertz CT molecular complexity index is 919. The maximum absolute atomic E-state index is 12.7. The summed E-state index contributed by atoms with van der Waals surface area (Å²) in [6.45, 7) is 9.80. The van der Waals surface area contributed by atoms with Crippen molar-refractivity contribution in [2.45, 2.75) is 52.6 Å². The molecule has 0 radical (unpaired) electrons. The quantitative estimate of drug-likeness (QED) is 0.734. The van der Waals surface area contributed by atoms with Crippen molar-refractivity contribution in [1.29, 1.82) is 0 Å². The van der Waals surface area contributed by atoms with E-state index < -0.39 is 22.7 Å². The molecule has 2 heterocycles. The van der Waals surface area contributed by atoms with Gasteiger partial charge in [-0.05, 0) is 32.8 Å². The number of H-pyrrole nitrogens is 1. The van der Waals surface area contributed by atoms with Crippen LogP contribution in [0.25, 0.3) is 11.0 Å². The number of hydrogen-bond donors (Lipinski definition) is 3. The molecule has 4 N–H and O–H groups in total. The minimum absolute atomic E-state index is 0.0293. The second-order valence-corrected chi connectivity index (χ2v) is 7.12. The molecule has 0 fully saturated rings. The standard InChI is InChI=1S/C17H25N5O3/c1-6-22-13-12(15(24)21-16(22)25)10(7-11(20-13)9(2)3)14(23)19-8-17(4,5)18/h7,9H,6,8,18H2,1-5H3,(H,19,23)(H,21,24,25). The summed E-state index contributed by atoms with van der Waals surface area (Å²) in [5.41, 5.74) is 5.22. The van der Waals surface area contributed by atoms with E-state index in [4.69, 9.17) is 5.73 Å². The zero-order chi connectivity index (χ0) is 18.9. The van der Waals surface area contributed by atoms with E-state index in [9.17, 15) is 14.4 Å². The fraction of sp³-hybridized carbons (Fsp3) is 0.529. The number of carbonyl (C=O) groups excluding carboxylic acids is 1. The van der Waals surface area contributed by atoms with E-state index in [0.29, 0.717) is 12.2 Å². The van der Waals surface area contributed by atoms with E-state index in [-0.39, 0.29) is 29.1 Å². The number of rotatable bonds is 5. The summed E-state index contributed by atoms with van der Waals surface area (Å²) >= 11 is 0. The molecule has 1 amide bonds. The van der Waals surface area contributed by atoms with Crippen LogP contribution in [-0.4, -0.2) is 32.5 Å². The van der Waals surface area contributed by atoms with E-state index in [2.05, 4.69) is 15.3 Å². The number of amides is 1. The molecule has 0 saturated carbocycles. The number of pyridine rings is 1. The molecular weight excluding hydrogens is 322 g/mol. The summed E-state index contributed by atoms with van der Waals surface area (Å²) in [5.74, 6) is -0.388. The lowest BCUT2D eigenvalue weighted by molar-refractivity contribution is 0.0947. The molecule has 0 aliphatic rings. The van der Waals surface area contributed by atoms with Crippen LogP contribution < -0.4 is 22.3 Å². The first-order valence-corrected chi connectivity index (χ1v) is 8.30. The third-order valence-electron chi connectivity index (χ3n) is 3.83. The van der Waals surface area contributed by atoms with Crippen molar-refractivity contribution in [3.63, 3.8) is 0 Å². The van der Waals surface area contributed by atoms with Gasteiger partial charge in [0.2, 0.25) is 0 Å². The molecular formula is C17H25N5O3. The van der Waals surface area contributed by atoms with Crippen LogP contribution >= 0.6 is 0 Å². The van der Waals surface area contributed by atoms with Gasteiger partial charge < -0.3 is 11.1 Å². The molecule has 0 aliphatic carbocycles. The first-order chi connectivity index (χ1) is 11.5. The molecule has 0 aliphatic heterocycles. The summed E-state index contributed by atoms with van der Waals surface area (Å²) in [5, 5.41) is 2.85. The molecule has 0 spiro atoms. The maximum Gasteiger partial charge on any atom is 0.329 e. The molecule has 0 aromatic carbocycles. The fourth-order valence-electron chi connectivity index (χ4n) is 2.46. The van der Waals surface area contributed by atoms with Crippen LogP contribution in [0.5, 0.6) is 0 Å². The second-order valence-electron chi connectivity index (χ2n) is 7.12. The van der Waals surface area contributed by atoms with Crippen LogP contribution in [0.15, 0.2) is 15.7 Å². The predicted octanol–water partition coefficient (Wildman–Crippen LogP) is 0.695. The first kappa shape index (κ1) is 18.9. The van der Waals surface area contributed by atoms with E-state index >= 15 is 0 Å². The van der Waals surface area contributed by atoms with Crippen molar-refractivity contribution in [3.05, 3.63) is 38.2 Å². The Balaban J connectivity index is 2.76. The molecule has 2 aromatic rings. The third-order valence-corrected chi connectivity index (χ3v) is 3.83. The Hall–Kier alpha value is -2.48. The molecule has 0 atom stereocenters. The van der Waals surface area contributed by atoms with E-state index in [1.807, 2.05) is 13.8 Å². The SMILES string of the molecule is CCn1c(=O)[nH]c(=O)c2c(C(=O)NCC(C)(C)N)cc(C(C)C)nc21. The van der Waals surface area contributed by atoms with Crippen LogP contribution in [0, 0.1) is 0 Å². The molecule has 0 unspecified atom stereocenters. The molecule has 2 rings (SSSR count). The number of nitrogens with two attached hydrogens (primary N) is 1. The van der Waals surface area contributed by atoms with Gasteiger partial charge in [0.15, 0.2) is 5.65 Å². The van der Waals surface area contributed by atoms with E-state index in [1.54, 1.807) is 26.8 Å². The molecule has 8 heteroatoms. The zero-order valence-corrected chi connectivity index (χ0v) is 15.3. The molecule has 25 heavy (non-hydrogen) atoms. The number of aromatic amines is 1. The highest BCUT2D eigenvalue weighted by Crippen LogP contribution is 2.19. The largest absolute Gasteiger partial charge is 0.350 e. The van der Waals surface area contributed by atoms with Gasteiger partial charge in [-0.25, -0.2) is 9.78 Å². The van der Waals surface area contributed by atoms with Gasteiger partial charge in [0.05, 0.1) is 10.9 Å². The Labute approximate surface area is 145 Å². The van der Waals surface area contributed by atoms with E-state index in [1.165, 1.54) is 4.57 Å². The smallest absolute Gasteiger partial charge is 0.329 e. The molecule has 0 bridgehead atoms. The van der Waals surface area contributed by atoms with Crippen LogP contribution in [0.4, 0.5) is 0 Å². The lowest BCUT2D eigenvalue weighted by atomic mass is 10.0. The molecule has 2 aromatic heterocycles. The van der Waals surface area contributed by atoms with Crippen molar-refractivity contribution >= 4 is 16.9 Å². The topological polar surface area (TPSA) is 123 Å². The van der Waals surface area contributed by atoms with Gasteiger partial charge in [-0.1, -0.05) is 13.8 Å². The maximum atomic E-state index is 12.7. The summed E-state index contributed by atoms with van der Waals surface area (Å²) in [6, 6.07) is 1.60. The summed E-state index contributed by atoms with van der Waals surface area (Å²) in [7, 11) is 0. The third kappa shape index (κ3) is 3.96. The first-order valence-electron chi connectivity index (χ1n) is 8.30. The van der Waals surface area contributed by atoms with Gasteiger partial charge in [0, 0.05) is 24.3 Å². The van der Waals surface area contributed by atoms with Gasteiger partial charge in [0.1, 0.15) is 0 Å². The summed E-state index contributed by atoms with van der Waals surface area (Å²) < 4.78 is 1.35. The molecule has 136 valence electrons. The van der Waals surface area contributed by atoms with E-state index in [0.717, 1.165) is 0 Å². The number of fused-ring (bicyclic) bond motifs is 1. The monoisotopic (exact) mass is 347 g/mol. The number of carbonyl (C=O) groups is 1. The fourth-order valence-corrected chi connectivity index (χ4v) is 2.46. The zero-order valence-electron chi connectivity index (χ0n) is 15.3. The van der Waals surface area contributed by atoms with Crippen LogP contribution in [-0.2, 0) is 6.54 Å². The lowest BCUT2D eigenvalue weighted by Gasteiger charge is -2.19. The number of nitrogens with zero attached hydrogens (tertiary/aromatic N) is 2. The number of hydrogen-bond acceptors (Lipinski definition) is 5. The average molecular weight is 347 g/mol.